The van der Waals surface area contributed by atoms with Crippen molar-refractivity contribution >= 4 is 17.5 Å². The Labute approximate surface area is 90.9 Å². The molecule has 0 radical (unpaired) electrons. The van der Waals surface area contributed by atoms with Gasteiger partial charge in [-0.3, -0.25) is 9.78 Å². The topological polar surface area (TPSA) is 95.3 Å². The fraction of sp³-hybridized carbons (Fsp3) is 0.375. The highest BCUT2D eigenvalue weighted by Gasteiger charge is 2.13. The second kappa shape index (κ2) is 5.59. The van der Waals surface area contributed by atoms with Gasteiger partial charge in [0.15, 0.2) is 0 Å². The molecule has 0 saturated carbocycles. The predicted octanol–water partition coefficient (Wildman–Crippen LogP) is -0.787. The molecule has 0 saturated heterocycles. The van der Waals surface area contributed by atoms with Gasteiger partial charge >= 0.3 is 0 Å². The summed E-state index contributed by atoms with van der Waals surface area (Å²) >= 11 is 5.54. The van der Waals surface area contributed by atoms with Crippen LogP contribution in [0, 0.1) is 0 Å². The molecule has 0 atom stereocenters. The Hall–Kier alpha value is -1.24. The zero-order chi connectivity index (χ0) is 11.3. The molecule has 7 heteroatoms. The number of nitrogens with zero attached hydrogens (tertiary/aromatic N) is 2. The lowest BCUT2D eigenvalue weighted by Crippen LogP contribution is -2.40. The van der Waals surface area contributed by atoms with E-state index in [9.17, 15) is 4.79 Å². The van der Waals surface area contributed by atoms with Crippen molar-refractivity contribution in [3.05, 3.63) is 23.2 Å². The van der Waals surface area contributed by atoms with Crippen LogP contribution in [0.1, 0.15) is 10.5 Å². The maximum atomic E-state index is 11.4. The van der Waals surface area contributed by atoms with E-state index >= 15 is 0 Å². The van der Waals surface area contributed by atoms with Crippen molar-refractivity contribution in [2.45, 2.75) is 6.04 Å². The maximum absolute atomic E-state index is 11.4. The number of aliphatic hydroxyl groups excluding tert-OH is 2. The summed E-state index contributed by atoms with van der Waals surface area (Å²) in [6.45, 7) is -0.702. The molecule has 0 aliphatic rings. The second-order valence-electron chi connectivity index (χ2n) is 2.76. The van der Waals surface area contributed by atoms with E-state index in [2.05, 4.69) is 15.3 Å². The average Bonchev–Trinajstić information content (AvgIpc) is 2.25. The minimum atomic E-state index is -0.710. The Morgan fingerprint density at radius 1 is 1.47 bits per heavy atom. The highest BCUT2D eigenvalue weighted by atomic mass is 35.5. The fourth-order valence-corrected chi connectivity index (χ4v) is 1.01. The van der Waals surface area contributed by atoms with Gasteiger partial charge in [0.25, 0.3) is 5.91 Å². The molecule has 82 valence electrons. The normalized spacial score (nSPS) is 10.4. The molecule has 0 unspecified atom stereocenters. The first-order chi connectivity index (χ1) is 7.17. The van der Waals surface area contributed by atoms with E-state index < -0.39 is 11.9 Å². The summed E-state index contributed by atoms with van der Waals surface area (Å²) in [5, 5.41) is 19.9. The molecule has 1 rings (SSSR count). The van der Waals surface area contributed by atoms with Gasteiger partial charge < -0.3 is 15.5 Å². The van der Waals surface area contributed by atoms with E-state index in [1.165, 1.54) is 12.4 Å². The summed E-state index contributed by atoms with van der Waals surface area (Å²) in [6.07, 6.45) is 2.54. The number of hydrogen-bond acceptors (Lipinski definition) is 5. The standard InChI is InChI=1S/C8H10ClN3O3/c9-7-2-10-1-6(12-7)8(15)11-5(3-13)4-14/h1-2,5,13-14H,3-4H2,(H,11,15). The molecule has 1 heterocycles. The zero-order valence-corrected chi connectivity index (χ0v) is 8.48. The van der Waals surface area contributed by atoms with Gasteiger partial charge in [-0.25, -0.2) is 4.98 Å². The van der Waals surface area contributed by atoms with Crippen LogP contribution < -0.4 is 5.32 Å². The molecule has 0 aromatic carbocycles. The minimum absolute atomic E-state index is 0.0365. The highest BCUT2D eigenvalue weighted by molar-refractivity contribution is 6.29. The van der Waals surface area contributed by atoms with Crippen molar-refractivity contribution in [2.75, 3.05) is 13.2 Å². The molecule has 6 nitrogen and oxygen atoms in total. The van der Waals surface area contributed by atoms with Gasteiger partial charge in [-0.2, -0.15) is 0 Å². The fourth-order valence-electron chi connectivity index (χ4n) is 0.860. The Bertz CT molecular complexity index is 344. The first-order valence-electron chi connectivity index (χ1n) is 4.17. The van der Waals surface area contributed by atoms with Crippen molar-refractivity contribution in [3.63, 3.8) is 0 Å². The minimum Gasteiger partial charge on any atom is -0.394 e. The summed E-state index contributed by atoms with van der Waals surface area (Å²) in [7, 11) is 0. The number of nitrogens with one attached hydrogen (secondary N) is 1. The first kappa shape index (κ1) is 11.8. The van der Waals surface area contributed by atoms with Crippen LogP contribution >= 0.6 is 11.6 Å². The van der Waals surface area contributed by atoms with Gasteiger partial charge in [0.1, 0.15) is 10.8 Å². The first-order valence-corrected chi connectivity index (χ1v) is 4.55. The van der Waals surface area contributed by atoms with Crippen LogP contribution in [0.25, 0.3) is 0 Å². The zero-order valence-electron chi connectivity index (χ0n) is 7.72. The number of carbonyl (C=O) groups excluding carboxylic acids is 1. The van der Waals surface area contributed by atoms with Crippen LogP contribution in [-0.2, 0) is 0 Å². The van der Waals surface area contributed by atoms with E-state index in [1.54, 1.807) is 0 Å². The van der Waals surface area contributed by atoms with Crippen molar-refractivity contribution in [2.24, 2.45) is 0 Å². The SMILES string of the molecule is O=C(NC(CO)CO)c1cncc(Cl)n1. The van der Waals surface area contributed by atoms with E-state index in [0.717, 1.165) is 0 Å². The number of aromatic nitrogens is 2. The van der Waals surface area contributed by atoms with Crippen LogP contribution in [0.15, 0.2) is 12.4 Å². The van der Waals surface area contributed by atoms with Gasteiger partial charge in [-0.15, -0.1) is 0 Å². The van der Waals surface area contributed by atoms with Gasteiger partial charge in [-0.1, -0.05) is 11.6 Å². The predicted molar refractivity (Wildman–Crippen MR) is 52.5 cm³/mol. The molecule has 1 aromatic heterocycles. The number of aliphatic hydroxyl groups is 2. The van der Waals surface area contributed by atoms with Gasteiger partial charge in [0, 0.05) is 0 Å². The molecule has 0 aliphatic carbocycles. The molecule has 15 heavy (non-hydrogen) atoms. The third kappa shape index (κ3) is 3.43. The number of carbonyl (C=O) groups is 1. The van der Waals surface area contributed by atoms with Crippen LogP contribution in [0.4, 0.5) is 0 Å². The second-order valence-corrected chi connectivity index (χ2v) is 3.15. The van der Waals surface area contributed by atoms with Gasteiger partial charge in [-0.05, 0) is 0 Å². The number of rotatable bonds is 4. The lowest BCUT2D eigenvalue weighted by atomic mass is 10.3. The molecule has 0 bridgehead atoms. The summed E-state index contributed by atoms with van der Waals surface area (Å²) < 4.78 is 0. The summed E-state index contributed by atoms with van der Waals surface area (Å²) in [4.78, 5) is 18.8. The molecular weight excluding hydrogens is 222 g/mol. The Morgan fingerprint density at radius 2 is 2.13 bits per heavy atom. The summed E-state index contributed by atoms with van der Waals surface area (Å²) in [6, 6.07) is -0.710. The van der Waals surface area contributed by atoms with Gasteiger partial charge in [0.2, 0.25) is 0 Å². The Morgan fingerprint density at radius 3 is 2.67 bits per heavy atom. The maximum Gasteiger partial charge on any atom is 0.271 e. The molecular formula is C8H10ClN3O3. The third-order valence-corrected chi connectivity index (χ3v) is 1.80. The highest BCUT2D eigenvalue weighted by Crippen LogP contribution is 2.02. The molecule has 0 spiro atoms. The van der Waals surface area contributed by atoms with Crippen LogP contribution in [0.2, 0.25) is 5.15 Å². The summed E-state index contributed by atoms with van der Waals surface area (Å²) in [5.41, 5.74) is 0.0365. The lowest BCUT2D eigenvalue weighted by Gasteiger charge is -2.12. The summed E-state index contributed by atoms with van der Waals surface area (Å²) in [5.74, 6) is -0.543. The largest absolute Gasteiger partial charge is 0.394 e. The Kier molecular flexibility index (Phi) is 4.41. The smallest absolute Gasteiger partial charge is 0.271 e. The lowest BCUT2D eigenvalue weighted by molar-refractivity contribution is 0.0874. The van der Waals surface area contributed by atoms with E-state index in [0.29, 0.717) is 0 Å². The quantitative estimate of drug-likeness (QED) is 0.632. The Balaban J connectivity index is 2.68. The van der Waals surface area contributed by atoms with E-state index in [-0.39, 0.29) is 24.1 Å². The molecule has 1 aromatic rings. The molecule has 1 amide bonds. The van der Waals surface area contributed by atoms with Crippen LogP contribution in [0.5, 0.6) is 0 Å². The van der Waals surface area contributed by atoms with E-state index in [4.69, 9.17) is 21.8 Å². The third-order valence-electron chi connectivity index (χ3n) is 1.61. The number of halogens is 1. The molecule has 3 N–H and O–H groups in total. The number of hydrogen-bond donors (Lipinski definition) is 3. The van der Waals surface area contributed by atoms with Crippen molar-refractivity contribution in [1.82, 2.24) is 15.3 Å². The van der Waals surface area contributed by atoms with Crippen molar-refractivity contribution in [3.8, 4) is 0 Å². The van der Waals surface area contributed by atoms with Gasteiger partial charge in [0.05, 0.1) is 31.6 Å². The molecule has 0 fully saturated rings. The molecule has 0 aliphatic heterocycles. The van der Waals surface area contributed by atoms with Crippen LogP contribution in [-0.4, -0.2) is 45.3 Å². The monoisotopic (exact) mass is 231 g/mol. The van der Waals surface area contributed by atoms with Crippen LogP contribution in [0.3, 0.4) is 0 Å². The van der Waals surface area contributed by atoms with Crippen molar-refractivity contribution < 1.29 is 15.0 Å². The average molecular weight is 232 g/mol. The van der Waals surface area contributed by atoms with E-state index in [1.807, 2.05) is 0 Å². The number of amides is 1. The van der Waals surface area contributed by atoms with Crippen molar-refractivity contribution in [1.29, 1.82) is 0 Å².